The van der Waals surface area contributed by atoms with Crippen LogP contribution in [0.4, 0.5) is 32.0 Å². The summed E-state index contributed by atoms with van der Waals surface area (Å²) >= 11 is 0. The highest BCUT2D eigenvalue weighted by Crippen LogP contribution is 2.36. The number of anilines is 1. The highest BCUT2D eigenvalue weighted by atomic mass is 32.2. The second-order valence-corrected chi connectivity index (χ2v) is 14.2. The zero-order valence-corrected chi connectivity index (χ0v) is 27.7. The molecule has 1 aromatic heterocycles. The van der Waals surface area contributed by atoms with Crippen LogP contribution in [0.15, 0.2) is 71.8 Å². The van der Waals surface area contributed by atoms with Gasteiger partial charge in [-0.15, -0.1) is 0 Å². The number of pyridine rings is 1. The van der Waals surface area contributed by atoms with E-state index in [0.717, 1.165) is 54.7 Å². The van der Waals surface area contributed by atoms with Crippen molar-refractivity contribution in [3.8, 4) is 0 Å². The number of benzene rings is 3. The van der Waals surface area contributed by atoms with Crippen molar-refractivity contribution in [2.45, 2.75) is 68.5 Å². The molecule has 15 heteroatoms. The molecule has 0 radical (unpaired) electrons. The number of esters is 1. The van der Waals surface area contributed by atoms with E-state index in [9.17, 15) is 40.0 Å². The number of nitrogens with zero attached hydrogens (tertiary/aromatic N) is 3. The van der Waals surface area contributed by atoms with Crippen molar-refractivity contribution < 1.29 is 49.1 Å². The summed E-state index contributed by atoms with van der Waals surface area (Å²) in [4.78, 5) is 30.2. The van der Waals surface area contributed by atoms with Crippen molar-refractivity contribution in [2.24, 2.45) is 0 Å². The second kappa shape index (κ2) is 14.8. The molecular formula is C36H31F6N3O5S. The van der Waals surface area contributed by atoms with Gasteiger partial charge in [-0.3, -0.25) is 9.78 Å². The van der Waals surface area contributed by atoms with Crippen molar-refractivity contribution in [1.82, 2.24) is 9.29 Å². The number of amides is 1. The summed E-state index contributed by atoms with van der Waals surface area (Å²) in [5.41, 5.74) is 1.41. The molecule has 0 bridgehead atoms. The van der Waals surface area contributed by atoms with Gasteiger partial charge in [0.15, 0.2) is 28.2 Å². The van der Waals surface area contributed by atoms with Crippen LogP contribution in [0, 0.1) is 34.9 Å². The minimum atomic E-state index is -5.44. The largest absolute Gasteiger partial charge is 0.457 e. The Morgan fingerprint density at radius 2 is 1.49 bits per heavy atom. The third kappa shape index (κ3) is 7.22. The van der Waals surface area contributed by atoms with Crippen LogP contribution < -0.4 is 4.90 Å². The molecule has 1 amide bonds. The Kier molecular flexibility index (Phi) is 10.5. The highest BCUT2D eigenvalue weighted by molar-refractivity contribution is 7.89. The monoisotopic (exact) mass is 731 g/mol. The van der Waals surface area contributed by atoms with E-state index in [1.54, 1.807) is 42.6 Å². The molecule has 8 nitrogen and oxygen atoms in total. The van der Waals surface area contributed by atoms with Gasteiger partial charge in [0.25, 0.3) is 0 Å². The first-order chi connectivity index (χ1) is 24.4. The smallest absolute Gasteiger partial charge is 0.341 e. The van der Waals surface area contributed by atoms with Gasteiger partial charge >= 0.3 is 5.97 Å². The molecule has 6 rings (SSSR count). The van der Waals surface area contributed by atoms with Gasteiger partial charge in [0, 0.05) is 18.4 Å². The Morgan fingerprint density at radius 1 is 0.824 bits per heavy atom. The molecule has 51 heavy (non-hydrogen) atoms. The zero-order chi connectivity index (χ0) is 36.4. The maximum Gasteiger partial charge on any atom is 0.341 e. The van der Waals surface area contributed by atoms with Crippen LogP contribution in [-0.2, 0) is 32.7 Å². The fraction of sp³-hybridized carbons (Fsp3) is 0.306. The maximum atomic E-state index is 15.5. The first-order valence-corrected chi connectivity index (χ1v) is 17.6. The first kappa shape index (κ1) is 36.0. The van der Waals surface area contributed by atoms with Gasteiger partial charge in [-0.1, -0.05) is 55.7 Å². The number of carbonyl (C=O) groups is 2. The Morgan fingerprint density at radius 3 is 2.08 bits per heavy atom. The minimum absolute atomic E-state index is 0.129. The van der Waals surface area contributed by atoms with E-state index in [4.69, 9.17) is 4.74 Å². The topological polar surface area (TPSA) is 96.9 Å². The molecule has 2 fully saturated rings. The van der Waals surface area contributed by atoms with Crippen LogP contribution >= 0.6 is 0 Å². The van der Waals surface area contributed by atoms with E-state index < -0.39 is 79.8 Å². The molecule has 1 saturated carbocycles. The molecule has 2 aliphatic rings. The molecule has 1 aliphatic heterocycles. The van der Waals surface area contributed by atoms with Crippen molar-refractivity contribution >= 4 is 27.6 Å². The van der Waals surface area contributed by atoms with Gasteiger partial charge in [0.05, 0.1) is 17.8 Å². The van der Waals surface area contributed by atoms with E-state index in [1.165, 1.54) is 6.07 Å². The standard InChI is InChI=1S/C36H31F6N3O5S/c37-27-17-25(13-14-26(27)36(47)50-20-21-7-3-1-4-8-21)44(19-24-12-11-23(18-43-24)22-9-5-2-6-10-22)35(46)28-15-16-45(28)51(48,49)34-32(41)30(39)29(38)31(40)33(34)42/h1,3-4,7-8,11-14,17-18,22,28H,2,5-6,9-10,15-16,19-20H2/t28-/m1/s1. The van der Waals surface area contributed by atoms with Gasteiger partial charge in [0.2, 0.25) is 21.7 Å². The third-order valence-corrected chi connectivity index (χ3v) is 11.1. The number of sulfonamides is 1. The number of aromatic nitrogens is 1. The summed E-state index contributed by atoms with van der Waals surface area (Å²) in [5, 5.41) is 0. The Balaban J connectivity index is 1.30. The summed E-state index contributed by atoms with van der Waals surface area (Å²) in [6.45, 7) is -0.947. The fourth-order valence-corrected chi connectivity index (χ4v) is 8.05. The predicted molar refractivity (Wildman–Crippen MR) is 172 cm³/mol. The SMILES string of the molecule is O=C(OCc1ccccc1)c1ccc(N(Cc2ccc(C3CCCCC3)cn2)C(=O)[C@H]2CCN2S(=O)(=O)c2c(F)c(F)c(F)c(F)c2F)cc1F. The summed E-state index contributed by atoms with van der Waals surface area (Å²) < 4.78 is 119. The van der Waals surface area contributed by atoms with Gasteiger partial charge in [0.1, 0.15) is 18.5 Å². The molecule has 0 unspecified atom stereocenters. The number of hydrogen-bond donors (Lipinski definition) is 0. The summed E-state index contributed by atoms with van der Waals surface area (Å²) in [6, 6.07) is 13.7. The number of ether oxygens (including phenoxy) is 1. The molecule has 1 aliphatic carbocycles. The van der Waals surface area contributed by atoms with Crippen LogP contribution in [0.5, 0.6) is 0 Å². The van der Waals surface area contributed by atoms with Gasteiger partial charge in [-0.25, -0.2) is 39.6 Å². The Bertz CT molecular complexity index is 2030. The Labute approximate surface area is 289 Å². The normalized spacial score (nSPS) is 16.8. The lowest BCUT2D eigenvalue weighted by Crippen LogP contribution is -2.59. The molecular weight excluding hydrogens is 700 g/mol. The van der Waals surface area contributed by atoms with Crippen LogP contribution in [0.25, 0.3) is 0 Å². The van der Waals surface area contributed by atoms with Crippen molar-refractivity contribution in [1.29, 1.82) is 0 Å². The van der Waals surface area contributed by atoms with Crippen LogP contribution in [0.3, 0.4) is 0 Å². The van der Waals surface area contributed by atoms with Gasteiger partial charge < -0.3 is 9.64 Å². The molecule has 1 atom stereocenters. The Hall–Kier alpha value is -4.76. The lowest BCUT2D eigenvalue weighted by molar-refractivity contribution is -0.125. The first-order valence-electron chi connectivity index (χ1n) is 16.2. The van der Waals surface area contributed by atoms with Crippen LogP contribution in [0.2, 0.25) is 0 Å². The molecule has 4 aromatic rings. The quantitative estimate of drug-likeness (QED) is 0.0735. The summed E-state index contributed by atoms with van der Waals surface area (Å²) in [7, 11) is -5.44. The number of halogens is 6. The third-order valence-electron chi connectivity index (χ3n) is 9.20. The number of hydrogen-bond acceptors (Lipinski definition) is 6. The molecule has 0 N–H and O–H groups in total. The predicted octanol–water partition coefficient (Wildman–Crippen LogP) is 7.32. The van der Waals surface area contributed by atoms with Gasteiger partial charge in [-0.05, 0) is 60.6 Å². The fourth-order valence-electron chi connectivity index (χ4n) is 6.31. The van der Waals surface area contributed by atoms with Crippen molar-refractivity contribution in [3.63, 3.8) is 0 Å². The number of carbonyl (C=O) groups excluding carboxylic acids is 2. The van der Waals surface area contributed by atoms with E-state index in [-0.39, 0.29) is 25.3 Å². The molecule has 2 heterocycles. The minimum Gasteiger partial charge on any atom is -0.457 e. The second-order valence-electron chi connectivity index (χ2n) is 12.4. The lowest BCUT2D eigenvalue weighted by atomic mass is 9.85. The zero-order valence-electron chi connectivity index (χ0n) is 26.9. The van der Waals surface area contributed by atoms with Crippen LogP contribution in [-0.4, -0.2) is 42.2 Å². The highest BCUT2D eigenvalue weighted by Gasteiger charge is 2.48. The average molecular weight is 732 g/mol. The van der Waals surface area contributed by atoms with E-state index >= 15 is 4.39 Å². The molecule has 0 spiro atoms. The maximum absolute atomic E-state index is 15.5. The van der Waals surface area contributed by atoms with E-state index in [2.05, 4.69) is 4.98 Å². The van der Waals surface area contributed by atoms with E-state index in [0.29, 0.717) is 21.5 Å². The van der Waals surface area contributed by atoms with Gasteiger partial charge in [-0.2, -0.15) is 4.31 Å². The molecule has 1 saturated heterocycles. The van der Waals surface area contributed by atoms with E-state index in [1.807, 2.05) is 6.07 Å². The molecule has 268 valence electrons. The summed E-state index contributed by atoms with van der Waals surface area (Å²) in [6.07, 6.45) is 6.80. The lowest BCUT2D eigenvalue weighted by Gasteiger charge is -2.41. The molecule has 3 aromatic carbocycles. The summed E-state index contributed by atoms with van der Waals surface area (Å²) in [5.74, 6) is -15.3. The number of rotatable bonds is 10. The van der Waals surface area contributed by atoms with Crippen molar-refractivity contribution in [2.75, 3.05) is 11.4 Å². The van der Waals surface area contributed by atoms with Crippen molar-refractivity contribution in [3.05, 3.63) is 124 Å². The average Bonchev–Trinajstić information content (AvgIpc) is 3.11. The van der Waals surface area contributed by atoms with Crippen LogP contribution in [0.1, 0.15) is 71.6 Å².